The maximum absolute atomic E-state index is 5.41. The molecule has 0 saturated carbocycles. The third kappa shape index (κ3) is 9.88. The van der Waals surface area contributed by atoms with Gasteiger partial charge in [0.1, 0.15) is 13.1 Å². The van der Waals surface area contributed by atoms with Crippen LogP contribution in [0.3, 0.4) is 0 Å². The minimum absolute atomic E-state index is 0.885. The second-order valence-electron chi connectivity index (χ2n) is 3.53. The molecule has 68 valence electrons. The second kappa shape index (κ2) is 6.58. The van der Waals surface area contributed by atoms with Crippen LogP contribution in [-0.4, -0.2) is 54.5 Å². The number of nitrogens with one attached hydrogen (secondary N) is 2. The highest BCUT2D eigenvalue weighted by Crippen LogP contribution is 1.65. The first-order valence-corrected chi connectivity index (χ1v) is 4.28. The Kier molecular flexibility index (Phi) is 6.51. The molecule has 0 spiro atoms. The minimum atomic E-state index is 0.885. The van der Waals surface area contributed by atoms with Gasteiger partial charge in [-0.25, -0.2) is 0 Å². The highest BCUT2D eigenvalue weighted by molar-refractivity contribution is 4.26. The van der Waals surface area contributed by atoms with Crippen molar-refractivity contribution < 1.29 is 14.5 Å². The van der Waals surface area contributed by atoms with Gasteiger partial charge in [0, 0.05) is 0 Å². The first-order valence-electron chi connectivity index (χ1n) is 4.28. The van der Waals surface area contributed by atoms with Crippen LogP contribution < -0.4 is 9.80 Å². The molecule has 0 amide bonds. The summed E-state index contributed by atoms with van der Waals surface area (Å²) in [6.45, 7) is 3.97. The van der Waals surface area contributed by atoms with Crippen LogP contribution in [0.15, 0.2) is 0 Å². The summed E-state index contributed by atoms with van der Waals surface area (Å²) in [5, 5.41) is 0. The molecule has 0 saturated heterocycles. The Morgan fingerprint density at radius 3 is 1.45 bits per heavy atom. The van der Waals surface area contributed by atoms with Crippen LogP contribution in [0, 0.1) is 0 Å². The van der Waals surface area contributed by atoms with Gasteiger partial charge >= 0.3 is 0 Å². The molecule has 0 unspecified atom stereocenters. The number of ether oxygens (including phenoxy) is 1. The summed E-state index contributed by atoms with van der Waals surface area (Å²) in [6.07, 6.45) is 0. The molecular weight excluding hydrogens is 140 g/mol. The van der Waals surface area contributed by atoms with Crippen molar-refractivity contribution in [2.24, 2.45) is 0 Å². The lowest BCUT2D eigenvalue weighted by Gasteiger charge is -2.09. The van der Waals surface area contributed by atoms with Crippen molar-refractivity contribution >= 4 is 0 Å². The highest BCUT2D eigenvalue weighted by Gasteiger charge is 1.95. The molecular formula is C8H22N2O+2. The zero-order chi connectivity index (χ0) is 8.69. The topological polar surface area (TPSA) is 18.1 Å². The Morgan fingerprint density at radius 1 is 0.818 bits per heavy atom. The van der Waals surface area contributed by atoms with E-state index in [0.29, 0.717) is 0 Å². The average Bonchev–Trinajstić information content (AvgIpc) is 1.85. The summed E-state index contributed by atoms with van der Waals surface area (Å²) in [4.78, 5) is 2.89. The summed E-state index contributed by atoms with van der Waals surface area (Å²) >= 11 is 0. The molecule has 0 rings (SSSR count). The molecule has 11 heavy (non-hydrogen) atoms. The summed E-state index contributed by atoms with van der Waals surface area (Å²) < 4.78 is 5.41. The van der Waals surface area contributed by atoms with E-state index < -0.39 is 0 Å². The van der Waals surface area contributed by atoms with Crippen molar-refractivity contribution in [3.63, 3.8) is 0 Å². The van der Waals surface area contributed by atoms with Gasteiger partial charge in [0.15, 0.2) is 0 Å². The van der Waals surface area contributed by atoms with E-state index in [2.05, 4.69) is 28.2 Å². The lowest BCUT2D eigenvalue weighted by atomic mass is 10.6. The second-order valence-corrected chi connectivity index (χ2v) is 3.53. The maximum atomic E-state index is 5.41. The highest BCUT2D eigenvalue weighted by atomic mass is 16.5. The van der Waals surface area contributed by atoms with Crippen molar-refractivity contribution in [2.45, 2.75) is 0 Å². The standard InChI is InChI=1S/C8H20N2O/c1-9(2)5-7-11-8-6-10(3)4/h5-8H2,1-4H3/p+2. The van der Waals surface area contributed by atoms with Crippen molar-refractivity contribution in [3.05, 3.63) is 0 Å². The molecule has 2 N–H and O–H groups in total. The predicted molar refractivity (Wildman–Crippen MR) is 46.2 cm³/mol. The van der Waals surface area contributed by atoms with Gasteiger partial charge in [0.25, 0.3) is 0 Å². The fourth-order valence-corrected chi connectivity index (χ4v) is 0.655. The summed E-state index contributed by atoms with van der Waals surface area (Å²) in [5.74, 6) is 0. The van der Waals surface area contributed by atoms with Crippen molar-refractivity contribution in [1.29, 1.82) is 0 Å². The van der Waals surface area contributed by atoms with Crippen LogP contribution in [0.2, 0.25) is 0 Å². The summed E-state index contributed by atoms with van der Waals surface area (Å²) in [6, 6.07) is 0. The van der Waals surface area contributed by atoms with E-state index in [1.807, 2.05) is 0 Å². The van der Waals surface area contributed by atoms with E-state index in [9.17, 15) is 0 Å². The number of hydrogen-bond donors (Lipinski definition) is 2. The molecule has 3 nitrogen and oxygen atoms in total. The maximum Gasteiger partial charge on any atom is 0.100 e. The van der Waals surface area contributed by atoms with Crippen LogP contribution in [0.4, 0.5) is 0 Å². The van der Waals surface area contributed by atoms with Crippen molar-refractivity contribution in [1.82, 2.24) is 0 Å². The molecule has 0 aliphatic heterocycles. The van der Waals surface area contributed by atoms with E-state index in [4.69, 9.17) is 4.74 Å². The predicted octanol–water partition coefficient (Wildman–Crippen LogP) is -2.71. The van der Waals surface area contributed by atoms with E-state index in [-0.39, 0.29) is 0 Å². The summed E-state index contributed by atoms with van der Waals surface area (Å²) in [7, 11) is 8.56. The Morgan fingerprint density at radius 2 is 1.18 bits per heavy atom. The Balaban J connectivity index is 2.91. The minimum Gasteiger partial charge on any atom is -0.370 e. The van der Waals surface area contributed by atoms with E-state index in [1.165, 1.54) is 9.80 Å². The van der Waals surface area contributed by atoms with Gasteiger partial charge in [-0.2, -0.15) is 0 Å². The average molecular weight is 162 g/mol. The van der Waals surface area contributed by atoms with Gasteiger partial charge in [-0.15, -0.1) is 0 Å². The zero-order valence-corrected chi connectivity index (χ0v) is 8.24. The smallest absolute Gasteiger partial charge is 0.100 e. The van der Waals surface area contributed by atoms with E-state index in [1.54, 1.807) is 0 Å². The molecule has 0 aliphatic rings. The number of likely N-dealkylation sites (N-methyl/N-ethyl adjacent to an activating group) is 2. The Bertz CT molecular complexity index is 74.2. The van der Waals surface area contributed by atoms with Crippen LogP contribution in [0.1, 0.15) is 0 Å². The lowest BCUT2D eigenvalue weighted by Crippen LogP contribution is -3.06. The molecule has 0 fully saturated rings. The van der Waals surface area contributed by atoms with Gasteiger partial charge in [0.2, 0.25) is 0 Å². The molecule has 0 aromatic heterocycles. The van der Waals surface area contributed by atoms with Gasteiger partial charge in [-0.05, 0) is 0 Å². The largest absolute Gasteiger partial charge is 0.370 e. The molecule has 3 heteroatoms. The van der Waals surface area contributed by atoms with Crippen LogP contribution in [0.25, 0.3) is 0 Å². The van der Waals surface area contributed by atoms with Crippen LogP contribution in [-0.2, 0) is 4.74 Å². The van der Waals surface area contributed by atoms with Gasteiger partial charge in [-0.3, -0.25) is 0 Å². The number of hydrogen-bond acceptors (Lipinski definition) is 1. The number of rotatable bonds is 6. The normalized spacial score (nSPS) is 11.5. The molecule has 0 aromatic carbocycles. The van der Waals surface area contributed by atoms with Crippen molar-refractivity contribution in [3.8, 4) is 0 Å². The van der Waals surface area contributed by atoms with Crippen LogP contribution >= 0.6 is 0 Å². The number of quaternary nitrogens is 2. The van der Waals surface area contributed by atoms with E-state index >= 15 is 0 Å². The summed E-state index contributed by atoms with van der Waals surface area (Å²) in [5.41, 5.74) is 0. The van der Waals surface area contributed by atoms with Gasteiger partial charge in [-0.1, -0.05) is 0 Å². The first kappa shape index (κ1) is 10.9. The zero-order valence-electron chi connectivity index (χ0n) is 8.24. The fraction of sp³-hybridized carbons (Fsp3) is 1.00. The molecule has 0 heterocycles. The molecule has 0 bridgehead atoms. The van der Waals surface area contributed by atoms with Gasteiger partial charge in [0.05, 0.1) is 41.4 Å². The Labute approximate surface area is 69.9 Å². The lowest BCUT2D eigenvalue weighted by molar-refractivity contribution is -0.862. The van der Waals surface area contributed by atoms with E-state index in [0.717, 1.165) is 26.3 Å². The third-order valence-electron chi connectivity index (χ3n) is 1.49. The quantitative estimate of drug-likeness (QED) is 0.407. The van der Waals surface area contributed by atoms with Crippen molar-refractivity contribution in [2.75, 3.05) is 54.5 Å². The molecule has 0 aromatic rings. The van der Waals surface area contributed by atoms with Crippen LogP contribution in [0.5, 0.6) is 0 Å². The molecule has 0 atom stereocenters. The third-order valence-corrected chi connectivity index (χ3v) is 1.49. The monoisotopic (exact) mass is 162 g/mol. The molecule has 0 radical (unpaired) electrons. The SMILES string of the molecule is C[NH+](C)CCOCC[NH+](C)C. The molecule has 0 aliphatic carbocycles. The van der Waals surface area contributed by atoms with Gasteiger partial charge < -0.3 is 14.5 Å². The fourth-order valence-electron chi connectivity index (χ4n) is 0.655. The Hall–Kier alpha value is -0.120. The first-order chi connectivity index (χ1) is 5.13.